The van der Waals surface area contributed by atoms with Crippen molar-refractivity contribution in [2.24, 2.45) is 0 Å². The van der Waals surface area contributed by atoms with Crippen LogP contribution in [-0.4, -0.2) is 39.6 Å². The van der Waals surface area contributed by atoms with Gasteiger partial charge in [0, 0.05) is 31.4 Å². The fourth-order valence-electron chi connectivity index (χ4n) is 4.77. The molecule has 0 spiro atoms. The quantitative estimate of drug-likeness (QED) is 0.442. The van der Waals surface area contributed by atoms with Crippen molar-refractivity contribution < 1.29 is 25.8 Å². The second-order valence-electron chi connectivity index (χ2n) is 8.39. The van der Waals surface area contributed by atoms with E-state index in [1.165, 1.54) is 36.1 Å². The van der Waals surface area contributed by atoms with Crippen LogP contribution in [0.4, 0.5) is 18.9 Å². The summed E-state index contributed by atoms with van der Waals surface area (Å²) in [5.74, 6) is 0.198. The van der Waals surface area contributed by atoms with Gasteiger partial charge in [-0.2, -0.15) is 21.6 Å². The highest BCUT2D eigenvalue weighted by Gasteiger charge is 2.48. The second-order valence-corrected chi connectivity index (χ2v) is 9.93. The van der Waals surface area contributed by atoms with E-state index < -0.39 is 15.6 Å². The van der Waals surface area contributed by atoms with E-state index in [0.717, 1.165) is 44.6 Å². The summed E-state index contributed by atoms with van der Waals surface area (Å²) in [4.78, 5) is 2.24. The number of nitrogens with one attached hydrogen (secondary N) is 1. The number of halogens is 4. The highest BCUT2D eigenvalue weighted by Crippen LogP contribution is 2.36. The molecule has 1 N–H and O–H groups in total. The molecule has 4 rings (SSSR count). The standard InChI is InChI=1S/C23H27F3N2O3S.ClH/c24-23(25,26)32(29,30)31-21-12-10-19(11-13-21)28-15-14-27-16-20(28)9-8-18-6-3-5-17-4-1-2-7-22(17)18;/h1-2,4,7,10-13,18,20,27H,3,5-6,8-9,14-16H2;1H. The van der Waals surface area contributed by atoms with Crippen molar-refractivity contribution in [1.82, 2.24) is 5.32 Å². The van der Waals surface area contributed by atoms with Crippen LogP contribution >= 0.6 is 12.4 Å². The van der Waals surface area contributed by atoms with Crippen LogP contribution in [0.3, 0.4) is 0 Å². The first-order valence-corrected chi connectivity index (χ1v) is 12.3. The van der Waals surface area contributed by atoms with Gasteiger partial charge < -0.3 is 14.4 Å². The number of fused-ring (bicyclic) bond motifs is 1. The zero-order valence-corrected chi connectivity index (χ0v) is 19.7. The summed E-state index contributed by atoms with van der Waals surface area (Å²) in [5.41, 5.74) is -1.70. The minimum absolute atomic E-state index is 0. The molecule has 2 aromatic carbocycles. The first-order chi connectivity index (χ1) is 15.2. The van der Waals surface area contributed by atoms with Crippen LogP contribution in [-0.2, 0) is 16.5 Å². The predicted octanol–water partition coefficient (Wildman–Crippen LogP) is 5.02. The highest BCUT2D eigenvalue weighted by molar-refractivity contribution is 7.88. The van der Waals surface area contributed by atoms with Gasteiger partial charge in [-0.05, 0) is 73.4 Å². The Morgan fingerprint density at radius 3 is 2.52 bits per heavy atom. The number of nitrogens with zero attached hydrogens (tertiary/aromatic N) is 1. The summed E-state index contributed by atoms with van der Waals surface area (Å²) in [7, 11) is -5.67. The van der Waals surface area contributed by atoms with Crippen LogP contribution < -0.4 is 14.4 Å². The van der Waals surface area contributed by atoms with E-state index in [-0.39, 0.29) is 24.2 Å². The van der Waals surface area contributed by atoms with Crippen LogP contribution in [0.5, 0.6) is 5.75 Å². The van der Waals surface area contributed by atoms with Crippen molar-refractivity contribution in [2.75, 3.05) is 24.5 Å². The monoisotopic (exact) mass is 504 g/mol. The smallest absolute Gasteiger partial charge is 0.376 e. The first kappa shape index (κ1) is 25.6. The van der Waals surface area contributed by atoms with E-state index in [0.29, 0.717) is 5.92 Å². The molecule has 10 heteroatoms. The van der Waals surface area contributed by atoms with Gasteiger partial charge in [-0.25, -0.2) is 0 Å². The molecular formula is C23H28ClF3N2O3S. The van der Waals surface area contributed by atoms with Gasteiger partial charge in [0.1, 0.15) is 5.75 Å². The third kappa shape index (κ3) is 5.94. The van der Waals surface area contributed by atoms with Gasteiger partial charge in [0.2, 0.25) is 0 Å². The Morgan fingerprint density at radius 1 is 1.06 bits per heavy atom. The summed E-state index contributed by atoms with van der Waals surface area (Å²) < 4.78 is 64.3. The third-order valence-electron chi connectivity index (χ3n) is 6.35. The van der Waals surface area contributed by atoms with Gasteiger partial charge in [0.05, 0.1) is 0 Å². The van der Waals surface area contributed by atoms with E-state index in [2.05, 4.69) is 38.7 Å². The molecule has 5 nitrogen and oxygen atoms in total. The molecular weight excluding hydrogens is 477 g/mol. The summed E-state index contributed by atoms with van der Waals surface area (Å²) in [6.45, 7) is 2.41. The van der Waals surface area contributed by atoms with E-state index in [4.69, 9.17) is 0 Å². The van der Waals surface area contributed by atoms with Crippen LogP contribution in [0.1, 0.15) is 42.7 Å². The van der Waals surface area contributed by atoms with Crippen LogP contribution in [0.2, 0.25) is 0 Å². The summed E-state index contributed by atoms with van der Waals surface area (Å²) in [6, 6.07) is 14.7. The summed E-state index contributed by atoms with van der Waals surface area (Å²) >= 11 is 0. The van der Waals surface area contributed by atoms with Crippen molar-refractivity contribution >= 4 is 28.2 Å². The topological polar surface area (TPSA) is 58.6 Å². The Kier molecular flexibility index (Phi) is 8.18. The molecule has 2 aliphatic rings. The Hall–Kier alpha value is -1.97. The fraction of sp³-hybridized carbons (Fsp3) is 0.478. The molecule has 2 aromatic rings. The summed E-state index contributed by atoms with van der Waals surface area (Å²) in [5, 5.41) is 3.43. The lowest BCUT2D eigenvalue weighted by atomic mass is 9.80. The zero-order valence-electron chi connectivity index (χ0n) is 18.1. The SMILES string of the molecule is Cl.O=S(=O)(Oc1ccc(N2CCNCC2CCC2CCCc3ccccc32)cc1)C(F)(F)F. The van der Waals surface area contributed by atoms with E-state index in [1.54, 1.807) is 12.1 Å². The van der Waals surface area contributed by atoms with Crippen LogP contribution in [0.15, 0.2) is 48.5 Å². The zero-order chi connectivity index (χ0) is 22.8. The van der Waals surface area contributed by atoms with Gasteiger partial charge in [-0.3, -0.25) is 0 Å². The number of anilines is 1. The number of hydrogen-bond acceptors (Lipinski definition) is 5. The van der Waals surface area contributed by atoms with Gasteiger partial charge >= 0.3 is 15.6 Å². The lowest BCUT2D eigenvalue weighted by molar-refractivity contribution is -0.0500. The minimum Gasteiger partial charge on any atom is -0.376 e. The normalized spacial score (nSPS) is 21.1. The Morgan fingerprint density at radius 2 is 1.79 bits per heavy atom. The van der Waals surface area contributed by atoms with Crippen molar-refractivity contribution in [1.29, 1.82) is 0 Å². The number of hydrogen-bond donors (Lipinski definition) is 1. The first-order valence-electron chi connectivity index (χ1n) is 10.9. The molecule has 2 atom stereocenters. The number of benzene rings is 2. The number of rotatable bonds is 6. The maximum Gasteiger partial charge on any atom is 0.534 e. The Bertz CT molecular complexity index is 1030. The second kappa shape index (κ2) is 10.5. The fourth-order valence-corrected chi connectivity index (χ4v) is 5.23. The predicted molar refractivity (Wildman–Crippen MR) is 125 cm³/mol. The van der Waals surface area contributed by atoms with Crippen LogP contribution in [0.25, 0.3) is 0 Å². The minimum atomic E-state index is -5.67. The molecule has 1 heterocycles. The van der Waals surface area contributed by atoms with Gasteiger partial charge in [0.15, 0.2) is 0 Å². The Labute approximate surface area is 198 Å². The molecule has 0 aromatic heterocycles. The average Bonchev–Trinajstić information content (AvgIpc) is 2.77. The molecule has 182 valence electrons. The number of aryl methyl sites for hydroxylation is 1. The molecule has 1 aliphatic carbocycles. The van der Waals surface area contributed by atoms with Crippen LogP contribution in [0, 0.1) is 0 Å². The molecule has 1 saturated heterocycles. The molecule has 2 unspecified atom stereocenters. The molecule has 1 aliphatic heterocycles. The van der Waals surface area contributed by atoms with Crippen molar-refractivity contribution in [3.8, 4) is 5.75 Å². The largest absolute Gasteiger partial charge is 0.534 e. The van der Waals surface area contributed by atoms with Gasteiger partial charge in [-0.1, -0.05) is 24.3 Å². The van der Waals surface area contributed by atoms with E-state index >= 15 is 0 Å². The van der Waals surface area contributed by atoms with Crippen molar-refractivity contribution in [3.05, 3.63) is 59.7 Å². The maximum atomic E-state index is 12.5. The van der Waals surface area contributed by atoms with Crippen molar-refractivity contribution in [3.63, 3.8) is 0 Å². The molecule has 33 heavy (non-hydrogen) atoms. The van der Waals surface area contributed by atoms with Crippen molar-refractivity contribution in [2.45, 2.75) is 49.6 Å². The van der Waals surface area contributed by atoms with Gasteiger partial charge in [-0.15, -0.1) is 12.4 Å². The molecule has 0 saturated carbocycles. The maximum absolute atomic E-state index is 12.5. The average molecular weight is 505 g/mol. The Balaban J connectivity index is 0.00000306. The number of alkyl halides is 3. The third-order valence-corrected chi connectivity index (χ3v) is 7.33. The van der Waals surface area contributed by atoms with E-state index in [1.807, 2.05) is 0 Å². The van der Waals surface area contributed by atoms with Gasteiger partial charge in [0.25, 0.3) is 0 Å². The summed E-state index contributed by atoms with van der Waals surface area (Å²) in [6.07, 6.45) is 5.60. The lowest BCUT2D eigenvalue weighted by Gasteiger charge is -2.39. The molecule has 0 radical (unpaired) electrons. The highest BCUT2D eigenvalue weighted by atomic mass is 35.5. The molecule has 0 bridgehead atoms. The molecule has 1 fully saturated rings. The molecule has 0 amide bonds. The van der Waals surface area contributed by atoms with E-state index in [9.17, 15) is 21.6 Å². The number of piperazine rings is 1. The lowest BCUT2D eigenvalue weighted by Crippen LogP contribution is -2.51.